The van der Waals surface area contributed by atoms with E-state index >= 15 is 0 Å². The molecular formula is C26H28ClF3N4O5. The van der Waals surface area contributed by atoms with Gasteiger partial charge in [-0.25, -0.2) is 0 Å². The Hall–Kier alpha value is -3.77. The number of likely N-dealkylation sites (N-methyl/N-ethyl adjacent to an activating group) is 1. The molecule has 0 aliphatic carbocycles. The van der Waals surface area contributed by atoms with E-state index in [0.717, 1.165) is 17.7 Å². The summed E-state index contributed by atoms with van der Waals surface area (Å²) in [7, 11) is 1.46. The Labute approximate surface area is 228 Å². The van der Waals surface area contributed by atoms with E-state index in [4.69, 9.17) is 16.3 Å². The molecule has 0 saturated carbocycles. The highest BCUT2D eigenvalue weighted by Gasteiger charge is 2.36. The molecule has 2 heterocycles. The lowest BCUT2D eigenvalue weighted by Gasteiger charge is -2.20. The van der Waals surface area contributed by atoms with Crippen LogP contribution >= 0.6 is 11.6 Å². The molecule has 2 amide bonds. The van der Waals surface area contributed by atoms with Crippen LogP contribution in [0.3, 0.4) is 0 Å². The zero-order valence-electron chi connectivity index (χ0n) is 21.5. The summed E-state index contributed by atoms with van der Waals surface area (Å²) in [5, 5.41) is 9.74. The predicted octanol–water partition coefficient (Wildman–Crippen LogP) is 5.10. The zero-order chi connectivity index (χ0) is 28.7. The van der Waals surface area contributed by atoms with Gasteiger partial charge in [0.05, 0.1) is 6.54 Å². The number of imidazole rings is 1. The molecule has 0 radical (unpaired) electrons. The molecule has 0 saturated heterocycles. The van der Waals surface area contributed by atoms with Gasteiger partial charge < -0.3 is 19.5 Å². The largest absolute Gasteiger partial charge is 0.573 e. The fourth-order valence-corrected chi connectivity index (χ4v) is 3.88. The van der Waals surface area contributed by atoms with Crippen molar-refractivity contribution in [3.05, 3.63) is 64.8 Å². The lowest BCUT2D eigenvalue weighted by molar-refractivity contribution is -0.274. The Bertz CT molecular complexity index is 1300. The van der Waals surface area contributed by atoms with E-state index in [-0.39, 0.29) is 55.9 Å². The third-order valence-electron chi connectivity index (χ3n) is 5.51. The van der Waals surface area contributed by atoms with Crippen molar-refractivity contribution in [2.45, 2.75) is 33.2 Å². The minimum Gasteiger partial charge on any atom is -0.425 e. The van der Waals surface area contributed by atoms with Gasteiger partial charge in [0.15, 0.2) is 11.5 Å². The fraction of sp³-hybridized carbons (Fsp3) is 0.346. The van der Waals surface area contributed by atoms with Crippen LogP contribution in [0.25, 0.3) is 0 Å². The van der Waals surface area contributed by atoms with Crippen LogP contribution in [-0.4, -0.2) is 64.5 Å². The van der Waals surface area contributed by atoms with Crippen LogP contribution in [0.4, 0.5) is 19.0 Å². The van der Waals surface area contributed by atoms with Crippen molar-refractivity contribution < 1.29 is 37.3 Å². The highest BCUT2D eigenvalue weighted by Crippen LogP contribution is 2.34. The number of benzene rings is 2. The van der Waals surface area contributed by atoms with Crippen LogP contribution in [0.5, 0.6) is 17.5 Å². The summed E-state index contributed by atoms with van der Waals surface area (Å²) >= 11 is 5.99. The lowest BCUT2D eigenvalue weighted by atomic mass is 10.2. The number of anilines is 1. The number of hydrogen-bond acceptors (Lipinski definition) is 6. The van der Waals surface area contributed by atoms with Crippen LogP contribution in [0.1, 0.15) is 36.3 Å². The summed E-state index contributed by atoms with van der Waals surface area (Å²) in [6.07, 6.45) is -4.63. The van der Waals surface area contributed by atoms with E-state index in [9.17, 15) is 27.9 Å². The molecule has 210 valence electrons. The van der Waals surface area contributed by atoms with E-state index in [1.807, 2.05) is 13.8 Å². The maximum Gasteiger partial charge on any atom is 0.573 e. The highest BCUT2D eigenvalue weighted by atomic mass is 35.5. The molecule has 1 aliphatic heterocycles. The summed E-state index contributed by atoms with van der Waals surface area (Å²) in [4.78, 5) is 33.3. The number of fused-ring (bicyclic) bond motifs is 1. The summed E-state index contributed by atoms with van der Waals surface area (Å²) in [5.41, 5.74) is 0.774. The van der Waals surface area contributed by atoms with Gasteiger partial charge in [-0.2, -0.15) is 4.98 Å². The standard InChI is InChI=1S/C24H22ClF3N4O5.C2H6/c1-30-19(34)14-31(10-3-11-33)22(35)20-21(30)29-23(32(20)13-15-6-8-16(25)9-7-15)36-17-4-2-5-18(12-17)37-24(26,27)28;1-2/h2,4-9,12,33H,3,10-11,13-14H2,1H3;1-2H3. The number of hydrogen-bond donors (Lipinski definition) is 1. The highest BCUT2D eigenvalue weighted by molar-refractivity contribution is 6.30. The van der Waals surface area contributed by atoms with Crippen molar-refractivity contribution >= 4 is 29.2 Å². The summed E-state index contributed by atoms with van der Waals surface area (Å²) in [6.45, 7) is 3.83. The third kappa shape index (κ3) is 7.42. The number of ether oxygens (including phenoxy) is 2. The van der Waals surface area contributed by atoms with E-state index in [2.05, 4.69) is 9.72 Å². The number of halogens is 4. The van der Waals surface area contributed by atoms with Crippen LogP contribution in [0, 0.1) is 0 Å². The van der Waals surface area contributed by atoms with Crippen LogP contribution in [0.15, 0.2) is 48.5 Å². The number of carbonyl (C=O) groups is 2. The average molecular weight is 569 g/mol. The SMILES string of the molecule is CC.CN1C(=O)CN(CCCO)C(=O)c2c1nc(Oc1cccc(OC(F)(F)F)c1)n2Cc1ccc(Cl)cc1. The van der Waals surface area contributed by atoms with Crippen LogP contribution in [0.2, 0.25) is 5.02 Å². The number of aromatic nitrogens is 2. The molecule has 0 fully saturated rings. The molecule has 13 heteroatoms. The molecule has 0 unspecified atom stereocenters. The van der Waals surface area contributed by atoms with Gasteiger partial charge in [-0.05, 0) is 36.2 Å². The Morgan fingerprint density at radius 3 is 2.38 bits per heavy atom. The number of rotatable bonds is 8. The zero-order valence-corrected chi connectivity index (χ0v) is 22.3. The fourth-order valence-electron chi connectivity index (χ4n) is 3.75. The molecule has 3 aromatic rings. The molecular weight excluding hydrogens is 541 g/mol. The number of alkyl halides is 3. The molecule has 1 N–H and O–H groups in total. The molecule has 39 heavy (non-hydrogen) atoms. The van der Waals surface area contributed by atoms with Gasteiger partial charge in [0, 0.05) is 31.3 Å². The van der Waals surface area contributed by atoms with Crippen molar-refractivity contribution in [1.82, 2.24) is 14.5 Å². The van der Waals surface area contributed by atoms with Gasteiger partial charge in [-0.15, -0.1) is 13.2 Å². The van der Waals surface area contributed by atoms with Crippen molar-refractivity contribution in [1.29, 1.82) is 0 Å². The molecule has 2 aromatic carbocycles. The predicted molar refractivity (Wildman–Crippen MR) is 138 cm³/mol. The second-order valence-corrected chi connectivity index (χ2v) is 8.60. The van der Waals surface area contributed by atoms with Gasteiger partial charge in [0.25, 0.3) is 5.91 Å². The second-order valence-electron chi connectivity index (χ2n) is 8.16. The second kappa shape index (κ2) is 12.9. The number of aliphatic hydroxyl groups is 1. The first-order chi connectivity index (χ1) is 18.6. The minimum absolute atomic E-state index is 0.0298. The van der Waals surface area contributed by atoms with Crippen LogP contribution in [-0.2, 0) is 11.3 Å². The van der Waals surface area contributed by atoms with Crippen molar-refractivity contribution in [2.75, 3.05) is 31.6 Å². The van der Waals surface area contributed by atoms with Crippen molar-refractivity contribution in [3.63, 3.8) is 0 Å². The summed E-state index contributed by atoms with van der Waals surface area (Å²) in [5.74, 6) is -1.41. The summed E-state index contributed by atoms with van der Waals surface area (Å²) in [6, 6.07) is 11.5. The van der Waals surface area contributed by atoms with E-state index in [1.54, 1.807) is 24.3 Å². The third-order valence-corrected chi connectivity index (χ3v) is 5.76. The Kier molecular flexibility index (Phi) is 9.81. The number of aliphatic hydroxyl groups excluding tert-OH is 1. The first-order valence-electron chi connectivity index (χ1n) is 12.1. The molecule has 0 bridgehead atoms. The van der Waals surface area contributed by atoms with Crippen molar-refractivity contribution in [3.8, 4) is 17.5 Å². The van der Waals surface area contributed by atoms with E-state index in [1.165, 1.54) is 33.5 Å². The Balaban J connectivity index is 0.00000205. The van der Waals surface area contributed by atoms with Gasteiger partial charge in [0.2, 0.25) is 5.91 Å². The molecule has 1 aromatic heterocycles. The topological polar surface area (TPSA) is 97.1 Å². The molecule has 1 aliphatic rings. The monoisotopic (exact) mass is 568 g/mol. The first kappa shape index (κ1) is 29.8. The number of amides is 2. The molecule has 9 nitrogen and oxygen atoms in total. The van der Waals surface area contributed by atoms with Crippen LogP contribution < -0.4 is 14.4 Å². The van der Waals surface area contributed by atoms with Gasteiger partial charge in [-0.1, -0.05) is 43.6 Å². The summed E-state index contributed by atoms with van der Waals surface area (Å²) < 4.78 is 49.3. The number of carbonyl (C=O) groups excluding carboxylic acids is 2. The maximum atomic E-state index is 13.6. The minimum atomic E-state index is -4.89. The van der Waals surface area contributed by atoms with Crippen molar-refractivity contribution in [2.24, 2.45) is 0 Å². The van der Waals surface area contributed by atoms with Gasteiger partial charge >= 0.3 is 12.4 Å². The average Bonchev–Trinajstić information content (AvgIpc) is 3.20. The molecule has 4 rings (SSSR count). The maximum absolute atomic E-state index is 13.6. The molecule has 0 atom stereocenters. The number of nitrogens with zero attached hydrogens (tertiary/aromatic N) is 4. The van der Waals surface area contributed by atoms with E-state index < -0.39 is 23.9 Å². The Morgan fingerprint density at radius 1 is 1.08 bits per heavy atom. The van der Waals surface area contributed by atoms with E-state index in [0.29, 0.717) is 5.02 Å². The first-order valence-corrected chi connectivity index (χ1v) is 12.5. The Morgan fingerprint density at radius 2 is 1.74 bits per heavy atom. The van der Waals surface area contributed by atoms with Gasteiger partial charge in [-0.3, -0.25) is 19.1 Å². The lowest BCUT2D eigenvalue weighted by Crippen LogP contribution is -2.39. The quantitative estimate of drug-likeness (QED) is 0.406. The normalized spacial score (nSPS) is 13.4. The smallest absolute Gasteiger partial charge is 0.425 e. The van der Waals surface area contributed by atoms with Gasteiger partial charge in [0.1, 0.15) is 18.0 Å². The molecule has 0 spiro atoms.